The van der Waals surface area contributed by atoms with E-state index in [4.69, 9.17) is 14.0 Å². The van der Waals surface area contributed by atoms with Gasteiger partial charge in [0.05, 0.1) is 25.9 Å². The highest BCUT2D eigenvalue weighted by Gasteiger charge is 2.42. The number of benzene rings is 1. The first-order valence-corrected chi connectivity index (χ1v) is 6.79. The van der Waals surface area contributed by atoms with Crippen LogP contribution < -0.4 is 10.1 Å². The molecule has 0 spiro atoms. The summed E-state index contributed by atoms with van der Waals surface area (Å²) in [4.78, 5) is 12.3. The zero-order valence-corrected chi connectivity index (χ0v) is 11.7. The van der Waals surface area contributed by atoms with E-state index in [0.29, 0.717) is 25.7 Å². The van der Waals surface area contributed by atoms with Gasteiger partial charge >= 0.3 is 0 Å². The smallest absolute Gasteiger partial charge is 0.290 e. The Bertz CT molecular complexity index is 620. The quantitative estimate of drug-likeness (QED) is 0.907. The number of aromatic nitrogens is 1. The Hall–Kier alpha value is -2.34. The van der Waals surface area contributed by atoms with Gasteiger partial charge in [0.15, 0.2) is 0 Å². The molecule has 2 aromatic rings. The molecule has 1 aliphatic heterocycles. The fourth-order valence-electron chi connectivity index (χ4n) is 2.24. The summed E-state index contributed by atoms with van der Waals surface area (Å²) in [5, 5.41) is 6.65. The maximum absolute atomic E-state index is 12.3. The van der Waals surface area contributed by atoms with Gasteiger partial charge in [-0.05, 0) is 17.6 Å². The van der Waals surface area contributed by atoms with Crippen molar-refractivity contribution in [3.8, 4) is 5.88 Å². The van der Waals surface area contributed by atoms with Crippen LogP contribution in [0.1, 0.15) is 23.0 Å². The average molecular weight is 288 g/mol. The highest BCUT2D eigenvalue weighted by atomic mass is 16.5. The molecule has 1 fully saturated rings. The molecule has 1 saturated heterocycles. The van der Waals surface area contributed by atoms with Crippen LogP contribution in [0.5, 0.6) is 5.88 Å². The maximum Gasteiger partial charge on any atom is 0.290 e. The van der Waals surface area contributed by atoms with Crippen LogP contribution in [0.25, 0.3) is 0 Å². The van der Waals surface area contributed by atoms with Crippen LogP contribution in [0.4, 0.5) is 0 Å². The van der Waals surface area contributed by atoms with Crippen LogP contribution >= 0.6 is 0 Å². The molecule has 6 heteroatoms. The summed E-state index contributed by atoms with van der Waals surface area (Å²) in [5.74, 6) is 0.0996. The lowest BCUT2D eigenvalue weighted by molar-refractivity contribution is -0.0737. The number of carbonyl (C=O) groups is 1. The lowest BCUT2D eigenvalue weighted by Gasteiger charge is -2.42. The lowest BCUT2D eigenvalue weighted by atomic mass is 9.88. The molecular formula is C15H16N2O4. The highest BCUT2D eigenvalue weighted by Crippen LogP contribution is 2.30. The predicted molar refractivity (Wildman–Crippen MR) is 74.1 cm³/mol. The second-order valence-corrected chi connectivity index (χ2v) is 4.86. The van der Waals surface area contributed by atoms with Crippen molar-refractivity contribution >= 4 is 5.91 Å². The minimum Gasteiger partial charge on any atom is -0.476 e. The van der Waals surface area contributed by atoms with Crippen molar-refractivity contribution in [2.45, 2.75) is 12.5 Å². The summed E-state index contributed by atoms with van der Waals surface area (Å²) in [6.45, 7) is 3.18. The average Bonchev–Trinajstić information content (AvgIpc) is 2.93. The van der Waals surface area contributed by atoms with Crippen LogP contribution in [0.2, 0.25) is 0 Å². The summed E-state index contributed by atoms with van der Waals surface area (Å²) in [6.07, 6.45) is 0. The Morgan fingerprint density at radius 2 is 2.14 bits per heavy atom. The first-order valence-electron chi connectivity index (χ1n) is 6.79. The van der Waals surface area contributed by atoms with Gasteiger partial charge in [0.2, 0.25) is 5.76 Å². The topological polar surface area (TPSA) is 73.6 Å². The number of nitrogens with one attached hydrogen (secondary N) is 1. The normalized spacial score (nSPS) is 16.0. The zero-order valence-electron chi connectivity index (χ0n) is 11.7. The van der Waals surface area contributed by atoms with Gasteiger partial charge in [0.25, 0.3) is 11.8 Å². The molecule has 1 amide bonds. The van der Waals surface area contributed by atoms with Gasteiger partial charge in [0, 0.05) is 0 Å². The van der Waals surface area contributed by atoms with E-state index in [0.717, 1.165) is 5.56 Å². The summed E-state index contributed by atoms with van der Waals surface area (Å²) in [5.41, 5.74) is 0.505. The molecule has 0 bridgehead atoms. The lowest BCUT2D eigenvalue weighted by Crippen LogP contribution is -2.59. The molecule has 1 aliphatic rings. The molecular weight excluding hydrogens is 272 g/mol. The molecule has 6 nitrogen and oxygen atoms in total. The molecule has 1 aromatic carbocycles. The van der Waals surface area contributed by atoms with E-state index < -0.39 is 5.54 Å². The van der Waals surface area contributed by atoms with E-state index in [-0.39, 0.29) is 11.7 Å². The monoisotopic (exact) mass is 288 g/mol. The number of carbonyl (C=O) groups excluding carboxylic acids is 1. The van der Waals surface area contributed by atoms with Crippen molar-refractivity contribution in [2.75, 3.05) is 19.8 Å². The largest absolute Gasteiger partial charge is 0.476 e. The Kier molecular flexibility index (Phi) is 3.62. The van der Waals surface area contributed by atoms with Gasteiger partial charge in [-0.1, -0.05) is 30.3 Å². The summed E-state index contributed by atoms with van der Waals surface area (Å²) in [6, 6.07) is 11.2. The second-order valence-electron chi connectivity index (χ2n) is 4.86. The fourth-order valence-corrected chi connectivity index (χ4v) is 2.24. The summed E-state index contributed by atoms with van der Waals surface area (Å²) in [7, 11) is 0. The molecule has 0 atom stereocenters. The van der Waals surface area contributed by atoms with Crippen LogP contribution in [0.3, 0.4) is 0 Å². The molecule has 0 saturated carbocycles. The SMILES string of the molecule is CCOc1cc(C(=O)NC2(c3ccccc3)COC2)on1. The molecule has 1 N–H and O–H groups in total. The predicted octanol–water partition coefficient (Wildman–Crippen LogP) is 1.73. The first kappa shape index (κ1) is 13.6. The standard InChI is InChI=1S/C15H16N2O4/c1-2-20-13-8-12(21-17-13)14(18)16-15(9-19-10-15)11-6-4-3-5-7-11/h3-8H,2,9-10H2,1H3,(H,16,18). The Morgan fingerprint density at radius 3 is 2.76 bits per heavy atom. The van der Waals surface area contributed by atoms with Crippen molar-refractivity contribution in [3.05, 3.63) is 47.7 Å². The summed E-state index contributed by atoms with van der Waals surface area (Å²) < 4.78 is 15.5. The van der Waals surface area contributed by atoms with E-state index in [1.165, 1.54) is 6.07 Å². The van der Waals surface area contributed by atoms with Crippen LogP contribution in [-0.4, -0.2) is 30.9 Å². The van der Waals surface area contributed by atoms with E-state index in [9.17, 15) is 4.79 Å². The fraction of sp³-hybridized carbons (Fsp3) is 0.333. The molecule has 1 aromatic heterocycles. The highest BCUT2D eigenvalue weighted by molar-refractivity contribution is 5.92. The third-order valence-electron chi connectivity index (χ3n) is 3.38. The van der Waals surface area contributed by atoms with Crippen molar-refractivity contribution in [3.63, 3.8) is 0 Å². The van der Waals surface area contributed by atoms with Gasteiger partial charge in [-0.3, -0.25) is 4.79 Å². The number of hydrogen-bond donors (Lipinski definition) is 1. The minimum atomic E-state index is -0.503. The Morgan fingerprint density at radius 1 is 1.38 bits per heavy atom. The number of rotatable bonds is 5. The molecule has 0 radical (unpaired) electrons. The third kappa shape index (κ3) is 2.62. The zero-order chi connectivity index (χ0) is 14.7. The molecule has 110 valence electrons. The van der Waals surface area contributed by atoms with E-state index in [1.54, 1.807) is 0 Å². The number of amides is 1. The van der Waals surface area contributed by atoms with Crippen LogP contribution in [-0.2, 0) is 10.3 Å². The minimum absolute atomic E-state index is 0.126. The first-order chi connectivity index (χ1) is 10.2. The van der Waals surface area contributed by atoms with Gasteiger partial charge in [-0.25, -0.2) is 0 Å². The maximum atomic E-state index is 12.3. The van der Waals surface area contributed by atoms with Crippen molar-refractivity contribution in [2.24, 2.45) is 0 Å². The van der Waals surface area contributed by atoms with Crippen LogP contribution in [0.15, 0.2) is 40.9 Å². The molecule has 2 heterocycles. The van der Waals surface area contributed by atoms with Gasteiger partial charge < -0.3 is 19.3 Å². The Labute approximate surface area is 122 Å². The van der Waals surface area contributed by atoms with Crippen LogP contribution in [0, 0.1) is 0 Å². The number of nitrogens with zero attached hydrogens (tertiary/aromatic N) is 1. The van der Waals surface area contributed by atoms with Crippen molar-refractivity contribution in [1.82, 2.24) is 10.5 Å². The van der Waals surface area contributed by atoms with E-state index >= 15 is 0 Å². The molecule has 0 unspecified atom stereocenters. The second kappa shape index (κ2) is 5.57. The third-order valence-corrected chi connectivity index (χ3v) is 3.38. The molecule has 21 heavy (non-hydrogen) atoms. The van der Waals surface area contributed by atoms with Crippen molar-refractivity contribution in [1.29, 1.82) is 0 Å². The van der Waals surface area contributed by atoms with E-state index in [1.807, 2.05) is 37.3 Å². The van der Waals surface area contributed by atoms with Crippen molar-refractivity contribution < 1.29 is 18.8 Å². The number of hydrogen-bond acceptors (Lipinski definition) is 5. The van der Waals surface area contributed by atoms with Gasteiger partial charge in [-0.2, -0.15) is 0 Å². The van der Waals surface area contributed by atoms with E-state index in [2.05, 4.69) is 10.5 Å². The molecule has 0 aliphatic carbocycles. The van der Waals surface area contributed by atoms with Gasteiger partial charge in [-0.15, -0.1) is 0 Å². The summed E-state index contributed by atoms with van der Waals surface area (Å²) >= 11 is 0. The van der Waals surface area contributed by atoms with Gasteiger partial charge in [0.1, 0.15) is 5.54 Å². The molecule has 3 rings (SSSR count). The Balaban J connectivity index is 1.76. The number of ether oxygens (including phenoxy) is 2.